The molecule has 0 unspecified atom stereocenters. The maximum Gasteiger partial charge on any atom is 0.399 e. The van der Waals surface area contributed by atoms with Crippen LogP contribution >= 0.6 is 0 Å². The number of carbonyl (C=O) groups is 2. The second kappa shape index (κ2) is 5.67. The summed E-state index contributed by atoms with van der Waals surface area (Å²) in [5.41, 5.74) is 0. The van der Waals surface area contributed by atoms with E-state index in [0.717, 1.165) is 13.1 Å². The van der Waals surface area contributed by atoms with Crippen molar-refractivity contribution in [3.63, 3.8) is 0 Å². The zero-order chi connectivity index (χ0) is 11.3. The first-order valence-corrected chi connectivity index (χ1v) is 5.06. The van der Waals surface area contributed by atoms with Gasteiger partial charge in [0, 0.05) is 0 Å². The zero-order valence-corrected chi connectivity index (χ0v) is 8.73. The van der Waals surface area contributed by atoms with Gasteiger partial charge in [-0.3, -0.25) is 10.0 Å². The molecule has 86 valence electrons. The van der Waals surface area contributed by atoms with Crippen LogP contribution in [0.4, 0.5) is 0 Å². The standard InChI is InChI=1S/C9H16N2O4/c1-2-15-9(13)8(12)11(14)7-3-5-10-6-4-7/h7,10,14H,2-6H2,1H3. The van der Waals surface area contributed by atoms with Crippen LogP contribution in [-0.2, 0) is 14.3 Å². The van der Waals surface area contributed by atoms with Gasteiger partial charge in [-0.05, 0) is 32.9 Å². The van der Waals surface area contributed by atoms with Crippen molar-refractivity contribution in [3.05, 3.63) is 0 Å². The van der Waals surface area contributed by atoms with Gasteiger partial charge in [0.1, 0.15) is 0 Å². The summed E-state index contributed by atoms with van der Waals surface area (Å²) in [5.74, 6) is -1.98. The summed E-state index contributed by atoms with van der Waals surface area (Å²) < 4.78 is 4.51. The molecule has 1 amide bonds. The lowest BCUT2D eigenvalue weighted by atomic mass is 10.1. The maximum absolute atomic E-state index is 11.3. The number of carbonyl (C=O) groups excluding carboxylic acids is 2. The highest BCUT2D eigenvalue weighted by atomic mass is 16.6. The fourth-order valence-corrected chi connectivity index (χ4v) is 1.50. The van der Waals surface area contributed by atoms with Crippen molar-refractivity contribution in [2.24, 2.45) is 0 Å². The molecule has 1 aliphatic heterocycles. The topological polar surface area (TPSA) is 78.9 Å². The fraction of sp³-hybridized carbons (Fsp3) is 0.778. The maximum atomic E-state index is 11.3. The van der Waals surface area contributed by atoms with Gasteiger partial charge in [0.15, 0.2) is 0 Å². The molecular weight excluding hydrogens is 200 g/mol. The Kier molecular flexibility index (Phi) is 4.51. The van der Waals surface area contributed by atoms with Gasteiger partial charge in [-0.2, -0.15) is 0 Å². The number of rotatable bonds is 2. The molecule has 0 atom stereocenters. The summed E-state index contributed by atoms with van der Waals surface area (Å²) in [5, 5.41) is 13.1. The Morgan fingerprint density at radius 3 is 2.60 bits per heavy atom. The quantitative estimate of drug-likeness (QED) is 0.282. The number of nitrogens with zero attached hydrogens (tertiary/aromatic N) is 1. The Balaban J connectivity index is 2.47. The van der Waals surface area contributed by atoms with Crippen molar-refractivity contribution in [1.29, 1.82) is 0 Å². The summed E-state index contributed by atoms with van der Waals surface area (Å²) in [6.07, 6.45) is 1.28. The third kappa shape index (κ3) is 3.17. The van der Waals surface area contributed by atoms with E-state index in [-0.39, 0.29) is 12.6 Å². The third-order valence-corrected chi connectivity index (χ3v) is 2.31. The van der Waals surface area contributed by atoms with Gasteiger partial charge in [0.2, 0.25) is 0 Å². The van der Waals surface area contributed by atoms with Crippen LogP contribution in [0.1, 0.15) is 19.8 Å². The van der Waals surface area contributed by atoms with Gasteiger partial charge in [-0.15, -0.1) is 0 Å². The summed E-state index contributed by atoms with van der Waals surface area (Å²) in [7, 11) is 0. The molecule has 1 aliphatic rings. The lowest BCUT2D eigenvalue weighted by Gasteiger charge is -2.28. The Morgan fingerprint density at radius 1 is 1.47 bits per heavy atom. The number of nitrogens with one attached hydrogen (secondary N) is 1. The summed E-state index contributed by atoms with van der Waals surface area (Å²) in [4.78, 5) is 22.4. The van der Waals surface area contributed by atoms with Gasteiger partial charge in [-0.1, -0.05) is 0 Å². The first-order valence-electron chi connectivity index (χ1n) is 5.06. The molecule has 0 spiro atoms. The van der Waals surface area contributed by atoms with E-state index >= 15 is 0 Å². The van der Waals surface area contributed by atoms with Crippen LogP contribution in [0.15, 0.2) is 0 Å². The molecule has 1 fully saturated rings. The van der Waals surface area contributed by atoms with Crippen LogP contribution in [-0.4, -0.2) is 47.9 Å². The molecule has 0 radical (unpaired) electrons. The normalized spacial score (nSPS) is 17.2. The lowest BCUT2D eigenvalue weighted by Crippen LogP contribution is -2.47. The molecule has 0 aromatic carbocycles. The Labute approximate surface area is 88.1 Å². The number of amides is 1. The smallest absolute Gasteiger partial charge is 0.399 e. The Bertz CT molecular complexity index is 238. The van der Waals surface area contributed by atoms with Crippen molar-refractivity contribution >= 4 is 11.9 Å². The molecule has 15 heavy (non-hydrogen) atoms. The molecule has 0 aliphatic carbocycles. The molecule has 1 rings (SSSR count). The number of piperidine rings is 1. The van der Waals surface area contributed by atoms with Gasteiger partial charge < -0.3 is 10.1 Å². The average molecular weight is 216 g/mol. The van der Waals surface area contributed by atoms with E-state index < -0.39 is 11.9 Å². The third-order valence-electron chi connectivity index (χ3n) is 2.31. The van der Waals surface area contributed by atoms with Gasteiger partial charge >= 0.3 is 11.9 Å². The predicted octanol–water partition coefficient (Wildman–Crippen LogP) is -0.481. The second-order valence-electron chi connectivity index (χ2n) is 3.35. The Hall–Kier alpha value is -1.14. The van der Waals surface area contributed by atoms with Crippen LogP contribution in [0.3, 0.4) is 0 Å². The van der Waals surface area contributed by atoms with E-state index in [4.69, 9.17) is 0 Å². The average Bonchev–Trinajstić information content (AvgIpc) is 2.28. The number of ether oxygens (including phenoxy) is 1. The van der Waals surface area contributed by atoms with E-state index in [1.165, 1.54) is 0 Å². The van der Waals surface area contributed by atoms with Gasteiger partial charge in [-0.25, -0.2) is 9.86 Å². The predicted molar refractivity (Wildman–Crippen MR) is 51.2 cm³/mol. The Morgan fingerprint density at radius 2 is 2.07 bits per heavy atom. The minimum Gasteiger partial charge on any atom is -0.459 e. The highest BCUT2D eigenvalue weighted by Gasteiger charge is 2.29. The lowest BCUT2D eigenvalue weighted by molar-refractivity contribution is -0.189. The highest BCUT2D eigenvalue weighted by Crippen LogP contribution is 2.09. The largest absolute Gasteiger partial charge is 0.459 e. The van der Waals surface area contributed by atoms with Crippen molar-refractivity contribution in [3.8, 4) is 0 Å². The summed E-state index contributed by atoms with van der Waals surface area (Å²) >= 11 is 0. The first kappa shape index (κ1) is 11.9. The molecule has 1 heterocycles. The molecule has 6 heteroatoms. The van der Waals surface area contributed by atoms with E-state index in [0.29, 0.717) is 17.9 Å². The summed E-state index contributed by atoms with van der Waals surface area (Å²) in [6.45, 7) is 3.21. The van der Waals surface area contributed by atoms with Crippen LogP contribution in [0, 0.1) is 0 Å². The van der Waals surface area contributed by atoms with Crippen LogP contribution in [0.2, 0.25) is 0 Å². The molecule has 0 saturated carbocycles. The van der Waals surface area contributed by atoms with E-state index in [9.17, 15) is 14.8 Å². The monoisotopic (exact) mass is 216 g/mol. The molecule has 1 saturated heterocycles. The van der Waals surface area contributed by atoms with Crippen LogP contribution < -0.4 is 5.32 Å². The number of hydrogen-bond donors (Lipinski definition) is 2. The number of esters is 1. The highest BCUT2D eigenvalue weighted by molar-refractivity contribution is 6.32. The number of hydroxylamine groups is 2. The SMILES string of the molecule is CCOC(=O)C(=O)N(O)C1CCNCC1. The fourth-order valence-electron chi connectivity index (χ4n) is 1.50. The second-order valence-corrected chi connectivity index (χ2v) is 3.35. The molecule has 0 aromatic heterocycles. The van der Waals surface area contributed by atoms with Gasteiger partial charge in [0.05, 0.1) is 12.6 Å². The molecular formula is C9H16N2O4. The molecule has 2 N–H and O–H groups in total. The van der Waals surface area contributed by atoms with E-state index in [1.54, 1.807) is 6.92 Å². The van der Waals surface area contributed by atoms with Crippen molar-refractivity contribution in [1.82, 2.24) is 10.4 Å². The zero-order valence-electron chi connectivity index (χ0n) is 8.73. The first-order chi connectivity index (χ1) is 7.16. The summed E-state index contributed by atoms with van der Waals surface area (Å²) in [6, 6.07) is -0.289. The van der Waals surface area contributed by atoms with Gasteiger partial charge in [0.25, 0.3) is 0 Å². The van der Waals surface area contributed by atoms with Crippen molar-refractivity contribution in [2.45, 2.75) is 25.8 Å². The molecule has 0 aromatic rings. The molecule has 6 nitrogen and oxygen atoms in total. The number of hydrogen-bond acceptors (Lipinski definition) is 5. The molecule has 0 bridgehead atoms. The van der Waals surface area contributed by atoms with Crippen molar-refractivity contribution in [2.75, 3.05) is 19.7 Å². The van der Waals surface area contributed by atoms with E-state index in [1.807, 2.05) is 0 Å². The van der Waals surface area contributed by atoms with E-state index in [2.05, 4.69) is 10.1 Å². The minimum atomic E-state index is -1.00. The van der Waals surface area contributed by atoms with Crippen LogP contribution in [0.5, 0.6) is 0 Å². The van der Waals surface area contributed by atoms with Crippen molar-refractivity contribution < 1.29 is 19.5 Å². The minimum absolute atomic E-state index is 0.130. The van der Waals surface area contributed by atoms with Crippen LogP contribution in [0.25, 0.3) is 0 Å².